The lowest BCUT2D eigenvalue weighted by molar-refractivity contribution is 1.57. The lowest BCUT2D eigenvalue weighted by Gasteiger charge is -2.24. The Morgan fingerprint density at radius 2 is 0.750 bits per heavy atom. The Morgan fingerprint density at radius 1 is 0.406 bits per heavy atom. The summed E-state index contributed by atoms with van der Waals surface area (Å²) in [6.07, 6.45) is 0. The minimum Gasteiger partial charge on any atom is -0.112 e. The summed E-state index contributed by atoms with van der Waals surface area (Å²) >= 11 is 0. The van der Waals surface area contributed by atoms with Gasteiger partial charge in [0.1, 0.15) is 39.2 Å². The average molecular weight is 393 g/mol. The van der Waals surface area contributed by atoms with Crippen molar-refractivity contribution < 1.29 is 0 Å². The molecule has 5 aromatic rings. The largest absolute Gasteiger partial charge is 0.113 e. The highest BCUT2D eigenvalue weighted by Crippen LogP contribution is 2.41. The third kappa shape index (κ3) is 2.99. The molecule has 0 bridgehead atoms. The molecule has 0 spiro atoms. The van der Waals surface area contributed by atoms with Crippen LogP contribution in [0.1, 0.15) is 5.56 Å². The van der Waals surface area contributed by atoms with E-state index in [2.05, 4.69) is 61.5 Å². The van der Waals surface area contributed by atoms with E-state index in [4.69, 9.17) is 39.2 Å². The van der Waals surface area contributed by atoms with E-state index in [9.17, 15) is 0 Å². The van der Waals surface area contributed by atoms with Gasteiger partial charge in [0, 0.05) is 0 Å². The van der Waals surface area contributed by atoms with Crippen molar-refractivity contribution in [2.75, 3.05) is 0 Å². The number of rotatable bonds is 2. The summed E-state index contributed by atoms with van der Waals surface area (Å²) in [7, 11) is 31.3. The third-order valence-corrected chi connectivity index (χ3v) is 6.37. The first-order valence-corrected chi connectivity index (χ1v) is 10.4. The van der Waals surface area contributed by atoms with Gasteiger partial charge in [-0.15, -0.1) is 16.4 Å². The molecule has 5 rings (SSSR count). The summed E-state index contributed by atoms with van der Waals surface area (Å²) in [5, 5.41) is 4.72. The quantitative estimate of drug-likeness (QED) is 0.316. The summed E-state index contributed by atoms with van der Waals surface area (Å²) in [4.78, 5) is 0. The second-order valence-corrected chi connectivity index (χ2v) is 8.08. The molecular weight excluding hydrogens is 378 g/mol. The molecule has 0 heterocycles. The third-order valence-electron chi connectivity index (χ3n) is 6.37. The Morgan fingerprint density at radius 3 is 1.22 bits per heavy atom. The van der Waals surface area contributed by atoms with Crippen LogP contribution in [0.25, 0.3) is 43.8 Å². The smallest absolute Gasteiger partial charge is 0.112 e. The zero-order valence-electron chi connectivity index (χ0n) is 17.8. The number of fused-ring (bicyclic) bond motifs is 2. The average Bonchev–Trinajstić information content (AvgIpc) is 2.83. The molecule has 0 atom stereocenters. The molecule has 0 saturated carbocycles. The molecule has 0 aliphatic carbocycles. The van der Waals surface area contributed by atoms with E-state index in [0.29, 0.717) is 16.5 Å². The van der Waals surface area contributed by atoms with Crippen LogP contribution in [0, 0.1) is 6.92 Å². The van der Waals surface area contributed by atoms with Crippen molar-refractivity contribution in [3.05, 3.63) is 78.4 Å². The summed E-state index contributed by atoms with van der Waals surface area (Å²) in [5.41, 5.74) is 6.22. The minimum absolute atomic E-state index is 0.215. The predicted molar refractivity (Wildman–Crippen MR) is 144 cm³/mol. The normalized spacial score (nSPS) is 11.3. The summed E-state index contributed by atoms with van der Waals surface area (Å²) in [5.74, 6) is 0. The molecule has 0 unspecified atom stereocenters. The van der Waals surface area contributed by atoms with Gasteiger partial charge in [0.2, 0.25) is 0 Å². The van der Waals surface area contributed by atoms with Crippen LogP contribution in [-0.2, 0) is 0 Å². The molecule has 0 N–H and O–H groups in total. The van der Waals surface area contributed by atoms with Gasteiger partial charge in [0.25, 0.3) is 0 Å². The van der Waals surface area contributed by atoms with Crippen LogP contribution in [0.5, 0.6) is 0 Å². The van der Waals surface area contributed by atoms with Crippen molar-refractivity contribution in [1.29, 1.82) is 0 Å². The Kier molecular flexibility index (Phi) is 5.09. The zero-order chi connectivity index (χ0) is 22.6. The van der Waals surface area contributed by atoms with Crippen molar-refractivity contribution in [1.82, 2.24) is 0 Å². The van der Waals surface area contributed by atoms with E-state index in [0.717, 1.165) is 27.5 Å². The molecule has 0 nitrogen and oxygen atoms in total. The second-order valence-electron chi connectivity index (χ2n) is 8.08. The lowest BCUT2D eigenvalue weighted by atomic mass is 9.59. The fourth-order valence-electron chi connectivity index (χ4n) is 4.70. The molecule has 32 heavy (non-hydrogen) atoms. The molecule has 5 heteroatoms. The van der Waals surface area contributed by atoms with Crippen molar-refractivity contribution in [2.24, 2.45) is 0 Å². The molecule has 0 aliphatic rings. The van der Waals surface area contributed by atoms with E-state index in [-0.39, 0.29) is 16.4 Å². The fraction of sp³-hybridized carbons (Fsp3) is 0.0370. The zero-order valence-corrected chi connectivity index (χ0v) is 17.8. The molecule has 10 radical (unpaired) electrons. The SMILES string of the molecule is [B]c1c([B])c([B])c(-c2ccccc2-c2c3ccccc3c(C)c3ccccc23)c([B])c1[B]. The molecule has 0 saturated heterocycles. The summed E-state index contributed by atoms with van der Waals surface area (Å²) in [6, 6.07) is 24.9. The van der Waals surface area contributed by atoms with Gasteiger partial charge in [-0.3, -0.25) is 0 Å². The van der Waals surface area contributed by atoms with Gasteiger partial charge in [-0.05, 0) is 56.3 Å². The minimum atomic E-state index is 0.215. The first-order chi connectivity index (χ1) is 15.4. The van der Waals surface area contributed by atoms with Crippen molar-refractivity contribution >= 4 is 88.1 Å². The predicted octanol–water partition coefficient (Wildman–Crippen LogP) is 1.60. The number of benzene rings is 5. The topological polar surface area (TPSA) is 0 Å². The first kappa shape index (κ1) is 20.8. The number of aryl methyl sites for hydroxylation is 1. The van der Waals surface area contributed by atoms with E-state index >= 15 is 0 Å². The number of hydrogen-bond acceptors (Lipinski definition) is 0. The summed E-state index contributed by atoms with van der Waals surface area (Å²) < 4.78 is 0. The molecule has 5 aromatic carbocycles. The molecule has 0 fully saturated rings. The number of hydrogen-bond donors (Lipinski definition) is 0. The van der Waals surface area contributed by atoms with Crippen LogP contribution in [0.2, 0.25) is 0 Å². The van der Waals surface area contributed by atoms with Crippen LogP contribution in [0.3, 0.4) is 0 Å². The maximum absolute atomic E-state index is 6.44. The van der Waals surface area contributed by atoms with E-state index < -0.39 is 0 Å². The Labute approximate surface area is 195 Å². The Balaban J connectivity index is 1.97. The van der Waals surface area contributed by atoms with E-state index in [1.54, 1.807) is 0 Å². The van der Waals surface area contributed by atoms with Crippen LogP contribution in [0.15, 0.2) is 72.8 Å². The molecule has 0 amide bonds. The lowest BCUT2D eigenvalue weighted by Crippen LogP contribution is -2.55. The first-order valence-electron chi connectivity index (χ1n) is 10.4. The highest BCUT2D eigenvalue weighted by atomic mass is 14.2. The molecule has 0 aliphatic heterocycles. The van der Waals surface area contributed by atoms with Crippen LogP contribution >= 0.6 is 0 Å². The Hall–Kier alpha value is -3.06. The van der Waals surface area contributed by atoms with Gasteiger partial charge < -0.3 is 0 Å². The highest BCUT2D eigenvalue weighted by Gasteiger charge is 2.19. The second kappa shape index (κ2) is 7.82. The molecule has 138 valence electrons. The van der Waals surface area contributed by atoms with Crippen molar-refractivity contribution in [3.63, 3.8) is 0 Å². The molecule has 0 aromatic heterocycles. The van der Waals surface area contributed by atoms with Crippen LogP contribution in [-0.4, -0.2) is 39.2 Å². The standard InChI is InChI=1S/C27H15B5/c1-14-15-8-2-4-10-17(15)21(18-11-5-3-9-16(14)18)19-12-6-7-13-20(19)22-23(28)25(30)27(32)26(31)24(22)29/h2-13H,1H3. The van der Waals surface area contributed by atoms with Gasteiger partial charge in [-0.1, -0.05) is 83.7 Å². The highest BCUT2D eigenvalue weighted by molar-refractivity contribution is 6.68. The van der Waals surface area contributed by atoms with E-state index in [1.165, 1.54) is 16.3 Å². The maximum atomic E-state index is 6.44. The summed E-state index contributed by atoms with van der Waals surface area (Å²) in [6.45, 7) is 2.16. The Bertz CT molecular complexity index is 1450. The van der Waals surface area contributed by atoms with Gasteiger partial charge in [-0.2, -0.15) is 0 Å². The van der Waals surface area contributed by atoms with Gasteiger partial charge in [-0.25, -0.2) is 0 Å². The van der Waals surface area contributed by atoms with Crippen LogP contribution in [0.4, 0.5) is 0 Å². The molecular formula is C27H15B5. The van der Waals surface area contributed by atoms with Crippen molar-refractivity contribution in [3.8, 4) is 22.3 Å². The maximum Gasteiger partial charge on any atom is 0.113 e. The van der Waals surface area contributed by atoms with Crippen molar-refractivity contribution in [2.45, 2.75) is 6.92 Å². The van der Waals surface area contributed by atoms with Gasteiger partial charge in [0.05, 0.1) is 0 Å². The van der Waals surface area contributed by atoms with Gasteiger partial charge in [0.15, 0.2) is 0 Å². The fourth-order valence-corrected chi connectivity index (χ4v) is 4.70. The van der Waals surface area contributed by atoms with Crippen LogP contribution < -0.4 is 27.3 Å². The van der Waals surface area contributed by atoms with Gasteiger partial charge >= 0.3 is 0 Å². The van der Waals surface area contributed by atoms with E-state index in [1.807, 2.05) is 18.2 Å². The monoisotopic (exact) mass is 394 g/mol.